The summed E-state index contributed by atoms with van der Waals surface area (Å²) in [5.41, 5.74) is 0.488. The van der Waals surface area contributed by atoms with Gasteiger partial charge in [0.05, 0.1) is 34.9 Å². The van der Waals surface area contributed by atoms with Crippen molar-refractivity contribution in [3.05, 3.63) is 46.6 Å². The Hall–Kier alpha value is -2.76. The molecule has 0 aliphatic carbocycles. The number of benzene rings is 1. The third-order valence-corrected chi connectivity index (χ3v) is 7.80. The third-order valence-electron chi connectivity index (χ3n) is 5.91. The van der Waals surface area contributed by atoms with Crippen molar-refractivity contribution in [3.8, 4) is 0 Å². The molecule has 0 atom stereocenters. The maximum absolute atomic E-state index is 13.0. The zero-order valence-corrected chi connectivity index (χ0v) is 18.8. The van der Waals surface area contributed by atoms with Crippen molar-refractivity contribution in [2.24, 2.45) is 5.92 Å². The summed E-state index contributed by atoms with van der Waals surface area (Å²) in [6.45, 7) is 5.78. The first-order valence-electron chi connectivity index (χ1n) is 10.7. The largest absolute Gasteiger partial charge is 0.378 e. The number of nitro benzene ring substituents is 1. The Balaban J connectivity index is 1.54. The number of nitrogens with one attached hydrogen (secondary N) is 1. The molecule has 172 valence electrons. The number of aromatic nitrogens is 1. The number of hydrogen-bond donors (Lipinski definition) is 1. The first kappa shape index (κ1) is 22.4. The lowest BCUT2D eigenvalue weighted by Crippen LogP contribution is -2.37. The third kappa shape index (κ3) is 4.84. The molecular weight excluding hydrogens is 434 g/mol. The lowest BCUT2D eigenvalue weighted by Gasteiger charge is -2.29. The van der Waals surface area contributed by atoms with E-state index in [1.54, 1.807) is 12.3 Å². The van der Waals surface area contributed by atoms with Crippen LogP contribution in [0.1, 0.15) is 19.8 Å². The van der Waals surface area contributed by atoms with Crippen molar-refractivity contribution in [2.45, 2.75) is 24.7 Å². The molecule has 32 heavy (non-hydrogen) atoms. The van der Waals surface area contributed by atoms with Gasteiger partial charge in [0, 0.05) is 32.2 Å². The van der Waals surface area contributed by atoms with Gasteiger partial charge in [0.15, 0.2) is 0 Å². The molecule has 2 aliphatic heterocycles. The van der Waals surface area contributed by atoms with Gasteiger partial charge in [0.1, 0.15) is 11.5 Å². The molecule has 0 saturated carbocycles. The van der Waals surface area contributed by atoms with Crippen LogP contribution in [0.15, 0.2) is 41.4 Å². The van der Waals surface area contributed by atoms with Crippen LogP contribution in [0.4, 0.5) is 22.9 Å². The monoisotopic (exact) mass is 461 g/mol. The molecule has 2 saturated heterocycles. The Kier molecular flexibility index (Phi) is 6.58. The van der Waals surface area contributed by atoms with Crippen LogP contribution in [-0.4, -0.2) is 62.0 Å². The first-order valence-corrected chi connectivity index (χ1v) is 12.1. The minimum Gasteiger partial charge on any atom is -0.378 e. The van der Waals surface area contributed by atoms with E-state index in [9.17, 15) is 18.5 Å². The minimum absolute atomic E-state index is 0.0647. The predicted octanol–water partition coefficient (Wildman–Crippen LogP) is 2.99. The highest BCUT2D eigenvalue weighted by molar-refractivity contribution is 7.89. The van der Waals surface area contributed by atoms with Crippen molar-refractivity contribution >= 4 is 32.9 Å². The molecule has 3 heterocycles. The second-order valence-corrected chi connectivity index (χ2v) is 10.1. The predicted molar refractivity (Wildman–Crippen MR) is 121 cm³/mol. The topological polar surface area (TPSA) is 118 Å². The number of anilines is 3. The standard InChI is InChI=1S/C21H27N5O5S/c1-16-6-8-25(9-7-16)32(29,30)18-3-4-19(20(14-18)26(27)28)23-17-2-5-21(22-15-17)24-10-12-31-13-11-24/h2-5,14-16,23H,6-13H2,1H3. The first-order chi connectivity index (χ1) is 15.3. The fraction of sp³-hybridized carbons (Fsp3) is 0.476. The second-order valence-electron chi connectivity index (χ2n) is 8.15. The van der Waals surface area contributed by atoms with Crippen molar-refractivity contribution in [1.29, 1.82) is 0 Å². The van der Waals surface area contributed by atoms with Crippen LogP contribution in [0.25, 0.3) is 0 Å². The Bertz CT molecular complexity index is 1060. The molecular formula is C21H27N5O5S. The average Bonchev–Trinajstić information content (AvgIpc) is 2.80. The van der Waals surface area contributed by atoms with E-state index in [-0.39, 0.29) is 16.3 Å². The van der Waals surface area contributed by atoms with Crippen molar-refractivity contribution in [2.75, 3.05) is 49.6 Å². The van der Waals surface area contributed by atoms with E-state index in [4.69, 9.17) is 4.74 Å². The molecule has 10 nitrogen and oxygen atoms in total. The van der Waals surface area contributed by atoms with E-state index >= 15 is 0 Å². The van der Waals surface area contributed by atoms with Gasteiger partial charge in [-0.2, -0.15) is 4.31 Å². The summed E-state index contributed by atoms with van der Waals surface area (Å²) in [7, 11) is -3.78. The van der Waals surface area contributed by atoms with Crippen LogP contribution in [0, 0.1) is 16.0 Å². The summed E-state index contributed by atoms with van der Waals surface area (Å²) in [5.74, 6) is 1.29. The number of rotatable bonds is 6. The number of nitro groups is 1. The highest BCUT2D eigenvalue weighted by atomic mass is 32.2. The van der Waals surface area contributed by atoms with Crippen LogP contribution < -0.4 is 10.2 Å². The quantitative estimate of drug-likeness (QED) is 0.515. The fourth-order valence-electron chi connectivity index (χ4n) is 3.90. The van der Waals surface area contributed by atoms with Crippen LogP contribution in [0.2, 0.25) is 0 Å². The van der Waals surface area contributed by atoms with E-state index in [0.29, 0.717) is 37.9 Å². The second kappa shape index (κ2) is 9.39. The van der Waals surface area contributed by atoms with E-state index < -0.39 is 14.9 Å². The van der Waals surface area contributed by atoms with E-state index in [1.807, 2.05) is 6.07 Å². The van der Waals surface area contributed by atoms with Crippen LogP contribution in [-0.2, 0) is 14.8 Å². The molecule has 11 heteroatoms. The number of pyridine rings is 1. The summed E-state index contributed by atoms with van der Waals surface area (Å²) in [5, 5.41) is 14.7. The normalized spacial score (nSPS) is 18.5. The number of nitrogens with zero attached hydrogens (tertiary/aromatic N) is 4. The van der Waals surface area contributed by atoms with Gasteiger partial charge in [-0.15, -0.1) is 0 Å². The summed E-state index contributed by atoms with van der Waals surface area (Å²) in [4.78, 5) is 17.6. The molecule has 2 fully saturated rings. The fourth-order valence-corrected chi connectivity index (χ4v) is 5.39. The minimum atomic E-state index is -3.78. The van der Waals surface area contributed by atoms with E-state index in [0.717, 1.165) is 37.8 Å². The van der Waals surface area contributed by atoms with Gasteiger partial charge in [0.25, 0.3) is 5.69 Å². The number of piperidine rings is 1. The van der Waals surface area contributed by atoms with Gasteiger partial charge in [-0.05, 0) is 43.0 Å². The van der Waals surface area contributed by atoms with Gasteiger partial charge in [0.2, 0.25) is 10.0 Å². The molecule has 4 rings (SSSR count). The molecule has 0 radical (unpaired) electrons. The molecule has 0 unspecified atom stereocenters. The van der Waals surface area contributed by atoms with E-state index in [2.05, 4.69) is 22.1 Å². The maximum Gasteiger partial charge on any atom is 0.294 e. The number of hydrogen-bond acceptors (Lipinski definition) is 8. The lowest BCUT2D eigenvalue weighted by molar-refractivity contribution is -0.384. The maximum atomic E-state index is 13.0. The van der Waals surface area contributed by atoms with Gasteiger partial charge in [-0.1, -0.05) is 6.92 Å². The smallest absolute Gasteiger partial charge is 0.294 e. The Morgan fingerprint density at radius 2 is 1.84 bits per heavy atom. The van der Waals surface area contributed by atoms with Gasteiger partial charge in [-0.3, -0.25) is 10.1 Å². The van der Waals surface area contributed by atoms with Crippen LogP contribution in [0.3, 0.4) is 0 Å². The zero-order chi connectivity index (χ0) is 22.7. The highest BCUT2D eigenvalue weighted by Crippen LogP contribution is 2.32. The lowest BCUT2D eigenvalue weighted by atomic mass is 10.0. The summed E-state index contributed by atoms with van der Waals surface area (Å²) >= 11 is 0. The number of sulfonamides is 1. The molecule has 1 N–H and O–H groups in total. The SMILES string of the molecule is CC1CCN(S(=O)(=O)c2ccc(Nc3ccc(N4CCOCC4)nc3)c([N+](=O)[O-])c2)CC1. The molecule has 1 aromatic carbocycles. The number of ether oxygens (including phenoxy) is 1. The van der Waals surface area contributed by atoms with Crippen LogP contribution in [0.5, 0.6) is 0 Å². The molecule has 1 aromatic heterocycles. The van der Waals surface area contributed by atoms with Crippen LogP contribution >= 0.6 is 0 Å². The molecule has 0 spiro atoms. The number of morpholine rings is 1. The molecule has 0 bridgehead atoms. The van der Waals surface area contributed by atoms with Gasteiger partial charge < -0.3 is 15.0 Å². The Morgan fingerprint density at radius 1 is 1.12 bits per heavy atom. The summed E-state index contributed by atoms with van der Waals surface area (Å²) in [6.07, 6.45) is 3.18. The van der Waals surface area contributed by atoms with Crippen molar-refractivity contribution < 1.29 is 18.1 Å². The van der Waals surface area contributed by atoms with E-state index in [1.165, 1.54) is 16.4 Å². The van der Waals surface area contributed by atoms with Crippen molar-refractivity contribution in [3.63, 3.8) is 0 Å². The molecule has 2 aromatic rings. The van der Waals surface area contributed by atoms with Crippen molar-refractivity contribution in [1.82, 2.24) is 9.29 Å². The van der Waals surface area contributed by atoms with Gasteiger partial charge in [-0.25, -0.2) is 13.4 Å². The summed E-state index contributed by atoms with van der Waals surface area (Å²) in [6, 6.07) is 7.62. The Morgan fingerprint density at radius 3 is 2.47 bits per heavy atom. The molecule has 0 amide bonds. The zero-order valence-electron chi connectivity index (χ0n) is 17.9. The average molecular weight is 462 g/mol. The Labute approximate surface area is 187 Å². The summed E-state index contributed by atoms with van der Waals surface area (Å²) < 4.78 is 32.7. The molecule has 2 aliphatic rings. The highest BCUT2D eigenvalue weighted by Gasteiger charge is 2.30. The van der Waals surface area contributed by atoms with Gasteiger partial charge >= 0.3 is 0 Å².